The lowest BCUT2D eigenvalue weighted by atomic mass is 10.1. The molecular weight excluding hydrogens is 396 g/mol. The third-order valence-corrected chi connectivity index (χ3v) is 4.86. The number of aryl methyl sites for hydroxylation is 1. The predicted octanol–water partition coefficient (Wildman–Crippen LogP) is 4.77. The maximum absolute atomic E-state index is 5.99. The van der Waals surface area contributed by atoms with Crippen LogP contribution in [0.15, 0.2) is 23.2 Å². The normalized spacial score (nSPS) is 14.2. The number of nitrogens with zero attached hydrogens (tertiary/aromatic N) is 4. The first kappa shape index (κ1) is 18.6. The van der Waals surface area contributed by atoms with Crippen LogP contribution in [0.3, 0.4) is 0 Å². The molecular formula is C19H23BrN4O2. The van der Waals surface area contributed by atoms with Crippen LogP contribution >= 0.6 is 15.9 Å². The van der Waals surface area contributed by atoms with Gasteiger partial charge in [0.1, 0.15) is 5.82 Å². The van der Waals surface area contributed by atoms with E-state index in [-0.39, 0.29) is 6.01 Å². The summed E-state index contributed by atoms with van der Waals surface area (Å²) in [6, 6.07) is 4.10. The second-order valence-electron chi connectivity index (χ2n) is 6.38. The monoisotopic (exact) mass is 418 g/mol. The summed E-state index contributed by atoms with van der Waals surface area (Å²) in [6.45, 7) is 9.69. The van der Waals surface area contributed by atoms with Crippen molar-refractivity contribution in [2.24, 2.45) is 0 Å². The molecule has 6 nitrogen and oxygen atoms in total. The number of aromatic nitrogens is 3. The Morgan fingerprint density at radius 1 is 1.15 bits per heavy atom. The fourth-order valence-electron chi connectivity index (χ4n) is 2.88. The van der Waals surface area contributed by atoms with Crippen molar-refractivity contribution in [3.05, 3.63) is 34.6 Å². The van der Waals surface area contributed by atoms with E-state index in [1.807, 2.05) is 26.0 Å². The highest BCUT2D eigenvalue weighted by Crippen LogP contribution is 2.40. The third kappa shape index (κ3) is 4.15. The summed E-state index contributed by atoms with van der Waals surface area (Å²) in [5.74, 6) is 2.42. The van der Waals surface area contributed by atoms with Crippen LogP contribution < -0.4 is 14.4 Å². The Labute approximate surface area is 162 Å². The first-order chi connectivity index (χ1) is 12.5. The molecule has 0 unspecified atom stereocenters. The van der Waals surface area contributed by atoms with E-state index < -0.39 is 0 Å². The molecule has 26 heavy (non-hydrogen) atoms. The average Bonchev–Trinajstić information content (AvgIpc) is 2.63. The van der Waals surface area contributed by atoms with E-state index in [0.717, 1.165) is 41.5 Å². The molecule has 7 heteroatoms. The zero-order valence-electron chi connectivity index (χ0n) is 15.4. The summed E-state index contributed by atoms with van der Waals surface area (Å²) in [4.78, 5) is 15.5. The Hall–Kier alpha value is -2.15. The van der Waals surface area contributed by atoms with E-state index in [9.17, 15) is 0 Å². The van der Waals surface area contributed by atoms with Crippen LogP contribution in [0, 0.1) is 6.92 Å². The molecule has 1 saturated heterocycles. The molecule has 0 aliphatic carbocycles. The summed E-state index contributed by atoms with van der Waals surface area (Å²) in [5, 5.41) is 0. The van der Waals surface area contributed by atoms with Crippen LogP contribution in [-0.2, 0) is 0 Å². The second-order valence-corrected chi connectivity index (χ2v) is 7.24. The standard InChI is InChI=1S/C19H23BrN4O2/c1-12(2)14-10-15(20)17(16(11-14)25-4)26-19-22-13(3)21-18(23-19)24-8-6-5-7-9-24/h10-11H,1,5-9H2,2-4H3. The van der Waals surface area contributed by atoms with Gasteiger partial charge in [-0.3, -0.25) is 0 Å². The molecule has 0 amide bonds. The minimum absolute atomic E-state index is 0.264. The van der Waals surface area contributed by atoms with Gasteiger partial charge in [0, 0.05) is 13.1 Å². The van der Waals surface area contributed by atoms with Crippen LogP contribution in [0.1, 0.15) is 37.6 Å². The highest BCUT2D eigenvalue weighted by molar-refractivity contribution is 9.10. The fourth-order valence-corrected chi connectivity index (χ4v) is 3.40. The van der Waals surface area contributed by atoms with Crippen molar-refractivity contribution >= 4 is 27.5 Å². The van der Waals surface area contributed by atoms with Gasteiger partial charge in [0.25, 0.3) is 0 Å². The van der Waals surface area contributed by atoms with Crippen molar-refractivity contribution in [2.75, 3.05) is 25.1 Å². The van der Waals surface area contributed by atoms with E-state index in [0.29, 0.717) is 23.3 Å². The van der Waals surface area contributed by atoms with Crippen molar-refractivity contribution < 1.29 is 9.47 Å². The van der Waals surface area contributed by atoms with Crippen molar-refractivity contribution in [2.45, 2.75) is 33.1 Å². The largest absolute Gasteiger partial charge is 0.493 e. The number of benzene rings is 1. The number of piperidine rings is 1. The highest BCUT2D eigenvalue weighted by Gasteiger charge is 2.18. The van der Waals surface area contributed by atoms with Crippen LogP contribution in [0.4, 0.5) is 5.95 Å². The summed E-state index contributed by atoms with van der Waals surface area (Å²) in [7, 11) is 1.61. The van der Waals surface area contributed by atoms with Crippen LogP contribution in [-0.4, -0.2) is 35.2 Å². The van der Waals surface area contributed by atoms with E-state index in [1.54, 1.807) is 7.11 Å². The molecule has 1 aromatic carbocycles. The molecule has 0 bridgehead atoms. The van der Waals surface area contributed by atoms with Gasteiger partial charge in [-0.15, -0.1) is 0 Å². The maximum Gasteiger partial charge on any atom is 0.327 e. The highest BCUT2D eigenvalue weighted by atomic mass is 79.9. The molecule has 1 aliphatic heterocycles. The number of rotatable bonds is 5. The quantitative estimate of drug-likeness (QED) is 0.696. The minimum Gasteiger partial charge on any atom is -0.493 e. The molecule has 1 aliphatic rings. The topological polar surface area (TPSA) is 60.4 Å². The summed E-state index contributed by atoms with van der Waals surface area (Å²) in [6.07, 6.45) is 3.56. The van der Waals surface area contributed by atoms with Crippen LogP contribution in [0.5, 0.6) is 17.5 Å². The number of methoxy groups -OCH3 is 1. The average molecular weight is 419 g/mol. The zero-order valence-corrected chi connectivity index (χ0v) is 17.0. The van der Waals surface area contributed by atoms with Crippen LogP contribution in [0.2, 0.25) is 0 Å². The van der Waals surface area contributed by atoms with Gasteiger partial charge in [0.2, 0.25) is 5.95 Å². The van der Waals surface area contributed by atoms with Gasteiger partial charge in [0.15, 0.2) is 11.5 Å². The first-order valence-corrected chi connectivity index (χ1v) is 9.46. The van der Waals surface area contributed by atoms with Gasteiger partial charge < -0.3 is 14.4 Å². The van der Waals surface area contributed by atoms with Crippen molar-refractivity contribution in [1.82, 2.24) is 15.0 Å². The Morgan fingerprint density at radius 3 is 2.54 bits per heavy atom. The Balaban J connectivity index is 1.93. The van der Waals surface area contributed by atoms with Gasteiger partial charge in [-0.25, -0.2) is 0 Å². The van der Waals surface area contributed by atoms with E-state index in [1.165, 1.54) is 6.42 Å². The molecule has 138 valence electrons. The van der Waals surface area contributed by atoms with Gasteiger partial charge in [-0.2, -0.15) is 15.0 Å². The lowest BCUT2D eigenvalue weighted by Crippen LogP contribution is -2.31. The summed E-state index contributed by atoms with van der Waals surface area (Å²) >= 11 is 3.55. The molecule has 2 aromatic rings. The molecule has 0 saturated carbocycles. The Bertz CT molecular complexity index is 819. The first-order valence-electron chi connectivity index (χ1n) is 8.67. The molecule has 2 heterocycles. The lowest BCUT2D eigenvalue weighted by molar-refractivity contribution is 0.365. The molecule has 0 atom stereocenters. The predicted molar refractivity (Wildman–Crippen MR) is 106 cm³/mol. The molecule has 0 spiro atoms. The maximum atomic E-state index is 5.99. The smallest absolute Gasteiger partial charge is 0.327 e. The van der Waals surface area contributed by atoms with Gasteiger partial charge in [0.05, 0.1) is 11.6 Å². The molecule has 1 fully saturated rings. The number of allylic oxidation sites excluding steroid dienone is 1. The van der Waals surface area contributed by atoms with Crippen molar-refractivity contribution in [1.29, 1.82) is 0 Å². The minimum atomic E-state index is 0.264. The molecule has 0 N–H and O–H groups in total. The van der Waals surface area contributed by atoms with Gasteiger partial charge in [-0.1, -0.05) is 12.2 Å². The second kappa shape index (κ2) is 8.03. The van der Waals surface area contributed by atoms with E-state index in [2.05, 4.69) is 42.4 Å². The van der Waals surface area contributed by atoms with Crippen LogP contribution in [0.25, 0.3) is 5.57 Å². The number of anilines is 1. The third-order valence-electron chi connectivity index (χ3n) is 4.27. The SMILES string of the molecule is C=C(C)c1cc(Br)c(Oc2nc(C)nc(N3CCCCC3)n2)c(OC)c1. The summed E-state index contributed by atoms with van der Waals surface area (Å²) in [5.41, 5.74) is 1.92. The zero-order chi connectivity index (χ0) is 18.7. The molecule has 0 radical (unpaired) electrons. The lowest BCUT2D eigenvalue weighted by Gasteiger charge is -2.26. The molecule has 3 rings (SSSR count). The molecule has 1 aromatic heterocycles. The summed E-state index contributed by atoms with van der Waals surface area (Å²) < 4.78 is 12.2. The van der Waals surface area contributed by atoms with E-state index in [4.69, 9.17) is 9.47 Å². The van der Waals surface area contributed by atoms with Crippen molar-refractivity contribution in [3.8, 4) is 17.5 Å². The Morgan fingerprint density at radius 2 is 1.88 bits per heavy atom. The Kier molecular flexibility index (Phi) is 5.76. The number of ether oxygens (including phenoxy) is 2. The number of hydrogen-bond donors (Lipinski definition) is 0. The van der Waals surface area contributed by atoms with Gasteiger partial charge >= 0.3 is 6.01 Å². The van der Waals surface area contributed by atoms with E-state index >= 15 is 0 Å². The fraction of sp³-hybridized carbons (Fsp3) is 0.421. The number of halogens is 1. The van der Waals surface area contributed by atoms with Crippen molar-refractivity contribution in [3.63, 3.8) is 0 Å². The number of hydrogen-bond acceptors (Lipinski definition) is 6. The van der Waals surface area contributed by atoms with Gasteiger partial charge in [-0.05, 0) is 66.7 Å².